The maximum absolute atomic E-state index is 15.3. The van der Waals surface area contributed by atoms with Gasteiger partial charge in [-0.15, -0.1) is 5.10 Å². The molecule has 5 rings (SSSR count). The lowest BCUT2D eigenvalue weighted by atomic mass is 10.1. The first-order valence-corrected chi connectivity index (χ1v) is 10.2. The van der Waals surface area contributed by atoms with Gasteiger partial charge < -0.3 is 19.9 Å². The molecule has 160 valence electrons. The van der Waals surface area contributed by atoms with Gasteiger partial charge >= 0.3 is 0 Å². The monoisotopic (exact) mass is 423 g/mol. The third-order valence-electron chi connectivity index (χ3n) is 5.51. The molecule has 2 N–H and O–H groups in total. The van der Waals surface area contributed by atoms with Gasteiger partial charge in [0.05, 0.1) is 23.0 Å². The number of benzene rings is 1. The van der Waals surface area contributed by atoms with E-state index < -0.39 is 11.6 Å². The minimum atomic E-state index is -0.476. The van der Waals surface area contributed by atoms with Crippen molar-refractivity contribution in [2.45, 2.75) is 32.9 Å². The molecular formula is C22H23F2N7. The van der Waals surface area contributed by atoms with E-state index >= 15 is 4.39 Å². The lowest BCUT2D eigenvalue weighted by Crippen LogP contribution is -2.54. The van der Waals surface area contributed by atoms with Gasteiger partial charge in [0, 0.05) is 54.7 Å². The number of anilines is 3. The molecule has 0 spiro atoms. The molecule has 4 aromatic rings. The molecule has 0 unspecified atom stereocenters. The fourth-order valence-corrected chi connectivity index (χ4v) is 4.36. The zero-order valence-electron chi connectivity index (χ0n) is 17.5. The Bertz CT molecular complexity index is 1280. The molecule has 0 aliphatic carbocycles. The van der Waals surface area contributed by atoms with E-state index in [1.54, 1.807) is 29.9 Å². The number of aromatic nitrogens is 4. The molecule has 1 aliphatic rings. The van der Waals surface area contributed by atoms with E-state index in [-0.39, 0.29) is 11.5 Å². The van der Waals surface area contributed by atoms with Gasteiger partial charge in [-0.3, -0.25) is 0 Å². The third kappa shape index (κ3) is 3.65. The van der Waals surface area contributed by atoms with Crippen molar-refractivity contribution in [3.63, 3.8) is 0 Å². The van der Waals surface area contributed by atoms with E-state index in [1.807, 2.05) is 6.07 Å². The minimum Gasteiger partial charge on any atom is -0.368 e. The number of hydrogen-bond acceptors (Lipinski definition) is 6. The van der Waals surface area contributed by atoms with Crippen LogP contribution in [0.2, 0.25) is 0 Å². The van der Waals surface area contributed by atoms with Crippen LogP contribution in [0.3, 0.4) is 0 Å². The fourth-order valence-electron chi connectivity index (χ4n) is 4.36. The molecule has 9 heteroatoms. The van der Waals surface area contributed by atoms with Gasteiger partial charge in [-0.25, -0.2) is 13.8 Å². The van der Waals surface area contributed by atoms with Gasteiger partial charge in [-0.05, 0) is 32.9 Å². The molecule has 1 aromatic carbocycles. The van der Waals surface area contributed by atoms with Gasteiger partial charge in [0.2, 0.25) is 0 Å². The quantitative estimate of drug-likeness (QED) is 0.523. The summed E-state index contributed by atoms with van der Waals surface area (Å²) in [4.78, 5) is 6.33. The fraction of sp³-hybridized carbons (Fsp3) is 0.318. The second-order valence-corrected chi connectivity index (χ2v) is 8.27. The Hall–Kier alpha value is -3.33. The van der Waals surface area contributed by atoms with E-state index in [0.717, 1.165) is 18.8 Å². The molecule has 0 amide bonds. The predicted octanol–water partition coefficient (Wildman–Crippen LogP) is 3.79. The lowest BCUT2D eigenvalue weighted by molar-refractivity contribution is 0.407. The summed E-state index contributed by atoms with van der Waals surface area (Å²) in [6, 6.07) is 5.39. The molecule has 3 aromatic heterocycles. The number of nitrogens with zero attached hydrogens (tertiary/aromatic N) is 5. The molecule has 7 nitrogen and oxygen atoms in total. The summed E-state index contributed by atoms with van der Waals surface area (Å²) in [5.74, 6) is -0.640. The standard InChI is InChI=1S/C22H23F2N7/c1-12-8-30(9-13(2)26-12)17-4-15-7-25-29-21(20(15)18(23)6-17)28-16-5-19(24)22-27-14(3)10-31(22)11-16/h4-7,10-13,26H,8-9H2,1-3H3,(H,28,29)/t12-,13+. The lowest BCUT2D eigenvalue weighted by Gasteiger charge is -2.37. The van der Waals surface area contributed by atoms with Crippen LogP contribution < -0.4 is 15.5 Å². The van der Waals surface area contributed by atoms with Crippen LogP contribution in [0.15, 0.2) is 36.8 Å². The Kier molecular flexibility index (Phi) is 4.70. The second-order valence-electron chi connectivity index (χ2n) is 8.27. The van der Waals surface area contributed by atoms with Crippen LogP contribution in [-0.2, 0) is 0 Å². The highest BCUT2D eigenvalue weighted by Crippen LogP contribution is 2.31. The molecule has 1 aliphatic heterocycles. The number of imidazole rings is 1. The molecular weight excluding hydrogens is 400 g/mol. The third-order valence-corrected chi connectivity index (χ3v) is 5.51. The largest absolute Gasteiger partial charge is 0.368 e. The molecule has 1 saturated heterocycles. The molecule has 0 saturated carbocycles. The SMILES string of the molecule is Cc1cn2cc(Nc3nncc4cc(N5C[C@@H](C)N[C@@H](C)C5)cc(F)c34)cc(F)c2n1. The van der Waals surface area contributed by atoms with Crippen molar-refractivity contribution in [3.8, 4) is 0 Å². The number of halogens is 2. The van der Waals surface area contributed by atoms with E-state index in [2.05, 4.69) is 44.6 Å². The smallest absolute Gasteiger partial charge is 0.173 e. The van der Waals surface area contributed by atoms with Crippen molar-refractivity contribution in [2.24, 2.45) is 0 Å². The zero-order chi connectivity index (χ0) is 21.7. The molecule has 4 heterocycles. The van der Waals surface area contributed by atoms with Crippen molar-refractivity contribution in [2.75, 3.05) is 23.3 Å². The van der Waals surface area contributed by atoms with Crippen LogP contribution in [0.1, 0.15) is 19.5 Å². The Balaban J connectivity index is 1.53. The average molecular weight is 423 g/mol. The molecule has 0 radical (unpaired) electrons. The Morgan fingerprint density at radius 2 is 1.84 bits per heavy atom. The number of aryl methyl sites for hydroxylation is 1. The highest BCUT2D eigenvalue weighted by Gasteiger charge is 2.23. The van der Waals surface area contributed by atoms with Crippen LogP contribution in [-0.4, -0.2) is 44.8 Å². The Labute approximate surface area is 178 Å². The van der Waals surface area contributed by atoms with Gasteiger partial charge in [-0.2, -0.15) is 5.10 Å². The van der Waals surface area contributed by atoms with Crippen LogP contribution >= 0.6 is 0 Å². The van der Waals surface area contributed by atoms with Gasteiger partial charge in [0.15, 0.2) is 17.3 Å². The van der Waals surface area contributed by atoms with Crippen LogP contribution in [0.4, 0.5) is 26.0 Å². The topological polar surface area (TPSA) is 70.4 Å². The number of fused-ring (bicyclic) bond motifs is 2. The summed E-state index contributed by atoms with van der Waals surface area (Å²) in [5.41, 5.74) is 2.18. The number of nitrogens with one attached hydrogen (secondary N) is 2. The number of pyridine rings is 1. The summed E-state index contributed by atoms with van der Waals surface area (Å²) in [5, 5.41) is 15.6. The Morgan fingerprint density at radius 1 is 1.06 bits per heavy atom. The molecule has 0 bridgehead atoms. The maximum atomic E-state index is 15.3. The highest BCUT2D eigenvalue weighted by atomic mass is 19.1. The minimum absolute atomic E-state index is 0.235. The van der Waals surface area contributed by atoms with Gasteiger partial charge in [-0.1, -0.05) is 0 Å². The summed E-state index contributed by atoms with van der Waals surface area (Å²) >= 11 is 0. The molecule has 1 fully saturated rings. The summed E-state index contributed by atoms with van der Waals surface area (Å²) in [7, 11) is 0. The maximum Gasteiger partial charge on any atom is 0.173 e. The van der Waals surface area contributed by atoms with E-state index in [4.69, 9.17) is 0 Å². The summed E-state index contributed by atoms with van der Waals surface area (Å²) in [6.07, 6.45) is 4.96. The Morgan fingerprint density at radius 3 is 2.61 bits per heavy atom. The average Bonchev–Trinajstić information content (AvgIpc) is 3.08. The van der Waals surface area contributed by atoms with E-state index in [0.29, 0.717) is 34.2 Å². The van der Waals surface area contributed by atoms with E-state index in [9.17, 15) is 4.39 Å². The van der Waals surface area contributed by atoms with E-state index in [1.165, 1.54) is 12.1 Å². The van der Waals surface area contributed by atoms with Crippen molar-refractivity contribution in [3.05, 3.63) is 54.1 Å². The first-order valence-electron chi connectivity index (χ1n) is 10.2. The van der Waals surface area contributed by atoms with Crippen molar-refractivity contribution in [1.82, 2.24) is 24.9 Å². The molecule has 31 heavy (non-hydrogen) atoms. The number of piperazine rings is 1. The van der Waals surface area contributed by atoms with Gasteiger partial charge in [0.25, 0.3) is 0 Å². The first kappa shape index (κ1) is 19.6. The normalized spacial score (nSPS) is 19.3. The summed E-state index contributed by atoms with van der Waals surface area (Å²) < 4.78 is 31.3. The highest BCUT2D eigenvalue weighted by molar-refractivity contribution is 5.95. The summed E-state index contributed by atoms with van der Waals surface area (Å²) in [6.45, 7) is 7.62. The van der Waals surface area contributed by atoms with Crippen molar-refractivity contribution < 1.29 is 8.78 Å². The first-order chi connectivity index (χ1) is 14.9. The number of hydrogen-bond donors (Lipinski definition) is 2. The van der Waals surface area contributed by atoms with Crippen molar-refractivity contribution in [1.29, 1.82) is 0 Å². The van der Waals surface area contributed by atoms with Crippen LogP contribution in [0.5, 0.6) is 0 Å². The number of rotatable bonds is 3. The predicted molar refractivity (Wildman–Crippen MR) is 117 cm³/mol. The second kappa shape index (κ2) is 7.42. The molecule has 2 atom stereocenters. The van der Waals surface area contributed by atoms with Crippen molar-refractivity contribution >= 4 is 33.6 Å². The van der Waals surface area contributed by atoms with Crippen LogP contribution in [0.25, 0.3) is 16.4 Å². The van der Waals surface area contributed by atoms with Crippen LogP contribution in [0, 0.1) is 18.6 Å². The van der Waals surface area contributed by atoms with Gasteiger partial charge in [0.1, 0.15) is 5.82 Å². The zero-order valence-corrected chi connectivity index (χ0v) is 17.5.